The third-order valence-electron chi connectivity index (χ3n) is 0.430. The summed E-state index contributed by atoms with van der Waals surface area (Å²) in [6.07, 6.45) is 2.38. The maximum absolute atomic E-state index is 5.00. The van der Waals surface area contributed by atoms with Crippen LogP contribution in [-0.2, 0) is 4.74 Å². The Morgan fingerprint density at radius 3 is 0.895 bits per heavy atom. The van der Waals surface area contributed by atoms with Gasteiger partial charge in [-0.2, -0.15) is 0 Å². The molecule has 0 bridgehead atoms. The third kappa shape index (κ3) is 430. The van der Waals surface area contributed by atoms with E-state index in [1.807, 2.05) is 55.4 Å². The van der Waals surface area contributed by atoms with E-state index in [-0.39, 0.29) is 0 Å². The quantitative estimate of drug-likeness (QED) is 0.482. The predicted molar refractivity (Wildman–Crippen MR) is 101 cm³/mol. The molecule has 19 heavy (non-hydrogen) atoms. The monoisotopic (exact) mass is 298 g/mol. The molecule has 0 aliphatic rings. The molecule has 0 spiro atoms. The van der Waals surface area contributed by atoms with Gasteiger partial charge in [0.25, 0.3) is 0 Å². The zero-order valence-electron chi connectivity index (χ0n) is 16.6. The Labute approximate surface area is 129 Å². The Bertz CT molecular complexity index is 61.5. The molecule has 0 heterocycles. The van der Waals surface area contributed by atoms with Gasteiger partial charge in [0.15, 0.2) is 0 Å². The molecule has 1 unspecified atom stereocenters. The molecule has 1 atom stereocenters. The zero-order chi connectivity index (χ0) is 17.3. The lowest BCUT2D eigenvalue weighted by Crippen LogP contribution is -1.98. The van der Waals surface area contributed by atoms with Crippen molar-refractivity contribution in [2.24, 2.45) is 5.92 Å². The zero-order valence-corrected chi connectivity index (χ0v) is 17.7. The summed E-state index contributed by atoms with van der Waals surface area (Å²) in [7, 11) is 2.50. The summed E-state index contributed by atoms with van der Waals surface area (Å²) in [5.41, 5.74) is 0. The smallest absolute Gasteiger partial charge is 0.0605 e. The van der Waals surface area contributed by atoms with Crippen LogP contribution in [0.4, 0.5) is 0 Å². The molecule has 0 aromatic carbocycles. The summed E-state index contributed by atoms with van der Waals surface area (Å²) in [6, 6.07) is 0. The van der Waals surface area contributed by atoms with E-state index in [2.05, 4.69) is 43.9 Å². The number of hydrogen-bond acceptors (Lipinski definition) is 1. The van der Waals surface area contributed by atoms with Gasteiger partial charge < -0.3 is 4.74 Å². The molecule has 0 rings (SSSR count). The molecule has 0 N–H and O–H groups in total. The second-order valence-corrected chi connectivity index (χ2v) is 4.15. The predicted octanol–water partition coefficient (Wildman–Crippen LogP) is 7.40. The maximum Gasteiger partial charge on any atom is 0.0605 e. The van der Waals surface area contributed by atoms with Crippen LogP contribution < -0.4 is 0 Å². The van der Waals surface area contributed by atoms with Crippen molar-refractivity contribution >= 4 is 9.24 Å². The van der Waals surface area contributed by atoms with Gasteiger partial charge in [-0.05, 0) is 19.8 Å². The first-order valence-corrected chi connectivity index (χ1v) is 9.05. The van der Waals surface area contributed by atoms with Crippen LogP contribution in [0.2, 0.25) is 0 Å². The molecule has 0 aromatic heterocycles. The highest BCUT2D eigenvalue weighted by atomic mass is 31.0. The van der Waals surface area contributed by atoms with Crippen LogP contribution in [0.3, 0.4) is 0 Å². The Morgan fingerprint density at radius 2 is 0.895 bits per heavy atom. The first kappa shape index (κ1) is 36.6. The topological polar surface area (TPSA) is 9.23 Å². The fraction of sp³-hybridized carbons (Fsp3) is 1.00. The van der Waals surface area contributed by atoms with E-state index in [1.165, 1.54) is 6.42 Å². The molecule has 0 aromatic rings. The molecule has 0 aliphatic carbocycles. The van der Waals surface area contributed by atoms with Gasteiger partial charge >= 0.3 is 0 Å². The van der Waals surface area contributed by atoms with Crippen molar-refractivity contribution in [3.8, 4) is 0 Å². The minimum absolute atomic E-state index is 0.377. The first-order valence-electron chi connectivity index (χ1n) is 8.23. The normalized spacial score (nSPS) is 6.95. The second-order valence-electron chi connectivity index (χ2n) is 3.82. The van der Waals surface area contributed by atoms with Crippen molar-refractivity contribution < 1.29 is 4.74 Å². The fourth-order valence-corrected chi connectivity index (χ4v) is 0.577. The summed E-state index contributed by atoms with van der Waals surface area (Å²) in [5, 5.41) is 0. The van der Waals surface area contributed by atoms with Crippen LogP contribution in [0, 0.1) is 5.92 Å². The van der Waals surface area contributed by atoms with Crippen LogP contribution in [0.15, 0.2) is 0 Å². The molecule has 0 aliphatic heterocycles. The lowest BCUT2D eigenvalue weighted by atomic mass is 10.3. The van der Waals surface area contributed by atoms with E-state index in [4.69, 9.17) is 4.74 Å². The van der Waals surface area contributed by atoms with E-state index in [9.17, 15) is 0 Å². The summed E-state index contributed by atoms with van der Waals surface area (Å²) < 4.78 is 5.00. The third-order valence-corrected chi connectivity index (χ3v) is 0.622. The highest BCUT2D eigenvalue weighted by Gasteiger charge is 1.83. The molecule has 0 amide bonds. The van der Waals surface area contributed by atoms with Crippen LogP contribution >= 0.6 is 9.24 Å². The Balaban J connectivity index is -0.0000000288. The molecule has 2 heteroatoms. The molecule has 0 fully saturated rings. The fourth-order valence-electron chi connectivity index (χ4n) is 0.192. The molecule has 0 saturated heterocycles. The Kier molecular flexibility index (Phi) is 121. The minimum Gasteiger partial charge on any atom is -0.375 e. The lowest BCUT2D eigenvalue weighted by Gasteiger charge is -2.00. The van der Waals surface area contributed by atoms with E-state index in [1.54, 1.807) is 0 Å². The maximum atomic E-state index is 5.00. The van der Waals surface area contributed by atoms with Gasteiger partial charge in [0, 0.05) is 0 Å². The molecule has 0 saturated carbocycles. The number of hydrogen-bond donors (Lipinski definition) is 0. The summed E-state index contributed by atoms with van der Waals surface area (Å²) in [4.78, 5) is 0. The van der Waals surface area contributed by atoms with Crippen molar-refractivity contribution in [1.82, 2.24) is 0 Å². The standard InChI is InChI=1S/C4H11OP.C4H10.C3H8.3C2H6/c1-4(2)5-3-6;1-4(2)3;1-3-2;3*1-2/h4H,3,6H2,1-2H3;4H,1-3H3;3H2,1-2H3;3*1-2H3. The Hall–Kier alpha value is 0.390. The molecule has 126 valence electrons. The van der Waals surface area contributed by atoms with Crippen molar-refractivity contribution in [2.75, 3.05) is 6.35 Å². The van der Waals surface area contributed by atoms with Crippen LogP contribution in [0.1, 0.15) is 96.4 Å². The van der Waals surface area contributed by atoms with Gasteiger partial charge in [-0.1, -0.05) is 82.6 Å². The average molecular weight is 299 g/mol. The lowest BCUT2D eigenvalue weighted by molar-refractivity contribution is 0.120. The van der Waals surface area contributed by atoms with Crippen LogP contribution in [-0.4, -0.2) is 12.5 Å². The largest absolute Gasteiger partial charge is 0.375 e. The van der Waals surface area contributed by atoms with Gasteiger partial charge in [0.05, 0.1) is 12.5 Å². The van der Waals surface area contributed by atoms with Crippen LogP contribution in [0.5, 0.6) is 0 Å². The van der Waals surface area contributed by atoms with E-state index >= 15 is 0 Å². The molecule has 1 nitrogen and oxygen atoms in total. The summed E-state index contributed by atoms with van der Waals surface area (Å²) in [5.74, 6) is 0.833. The van der Waals surface area contributed by atoms with Crippen LogP contribution in [0.25, 0.3) is 0 Å². The van der Waals surface area contributed by atoms with Gasteiger partial charge in [-0.15, -0.1) is 9.24 Å². The van der Waals surface area contributed by atoms with E-state index < -0.39 is 0 Å². The average Bonchev–Trinajstić information content (AvgIpc) is 2.37. The van der Waals surface area contributed by atoms with Gasteiger partial charge in [-0.25, -0.2) is 0 Å². The van der Waals surface area contributed by atoms with E-state index in [0.29, 0.717) is 6.10 Å². The summed E-state index contributed by atoms with van der Waals surface area (Å²) in [6.45, 7) is 26.8. The summed E-state index contributed by atoms with van der Waals surface area (Å²) >= 11 is 0. The highest BCUT2D eigenvalue weighted by molar-refractivity contribution is 7.16. The minimum atomic E-state index is 0.377. The van der Waals surface area contributed by atoms with Crippen molar-refractivity contribution in [3.05, 3.63) is 0 Å². The van der Waals surface area contributed by atoms with Gasteiger partial charge in [0.2, 0.25) is 0 Å². The number of rotatable bonds is 2. The van der Waals surface area contributed by atoms with Crippen molar-refractivity contribution in [2.45, 2.75) is 103 Å². The number of ether oxygens (including phenoxy) is 1. The molecular weight excluding hydrogens is 251 g/mol. The molecular formula is C17H47OP. The van der Waals surface area contributed by atoms with Crippen molar-refractivity contribution in [1.29, 1.82) is 0 Å². The second kappa shape index (κ2) is 63.1. The molecule has 0 radical (unpaired) electrons. The highest BCUT2D eigenvalue weighted by Crippen LogP contribution is 1.89. The van der Waals surface area contributed by atoms with Crippen molar-refractivity contribution in [3.63, 3.8) is 0 Å². The first-order chi connectivity index (χ1) is 8.92. The SMILES string of the molecule is CC.CC.CC.CC(C)C.CC(C)OCP.CCC. The van der Waals surface area contributed by atoms with Gasteiger partial charge in [-0.3, -0.25) is 0 Å². The van der Waals surface area contributed by atoms with E-state index in [0.717, 1.165) is 12.3 Å². The van der Waals surface area contributed by atoms with Gasteiger partial charge in [0.1, 0.15) is 0 Å². The Morgan fingerprint density at radius 1 is 0.737 bits per heavy atom.